The molecular weight excluding hydrogens is 220 g/mol. The first-order chi connectivity index (χ1) is 8.19. The number of aliphatic hydroxyl groups is 1. The van der Waals surface area contributed by atoms with Crippen LogP contribution in [-0.4, -0.2) is 37.5 Å². The number of benzene rings is 1. The maximum absolute atomic E-state index is 11.6. The van der Waals surface area contributed by atoms with Gasteiger partial charge in [-0.2, -0.15) is 0 Å². The van der Waals surface area contributed by atoms with Gasteiger partial charge in [0, 0.05) is 14.2 Å². The minimum Gasteiger partial charge on any atom is -0.380 e. The number of carbonyl (C=O) groups is 1. The molecule has 4 heteroatoms. The Morgan fingerprint density at radius 1 is 1.24 bits per heavy atom. The second-order valence-corrected chi connectivity index (χ2v) is 3.43. The van der Waals surface area contributed by atoms with Crippen molar-refractivity contribution in [2.75, 3.05) is 14.2 Å². The summed E-state index contributed by atoms with van der Waals surface area (Å²) in [5.74, 6) is -0.456. The number of ketones is 1. The van der Waals surface area contributed by atoms with Crippen molar-refractivity contribution in [3.05, 3.63) is 42.0 Å². The monoisotopic (exact) mass is 236 g/mol. The van der Waals surface area contributed by atoms with Gasteiger partial charge < -0.3 is 14.6 Å². The Morgan fingerprint density at radius 2 is 1.82 bits per heavy atom. The van der Waals surface area contributed by atoms with Crippen LogP contribution in [0.25, 0.3) is 6.08 Å². The summed E-state index contributed by atoms with van der Waals surface area (Å²) < 4.78 is 9.61. The molecule has 0 fully saturated rings. The minimum atomic E-state index is -1.31. The molecule has 1 atom stereocenters. The van der Waals surface area contributed by atoms with Crippen molar-refractivity contribution in [3.63, 3.8) is 0 Å². The average Bonchev–Trinajstić information content (AvgIpc) is 2.38. The highest BCUT2D eigenvalue weighted by molar-refractivity contribution is 5.97. The van der Waals surface area contributed by atoms with Crippen LogP contribution in [0.15, 0.2) is 36.4 Å². The first-order valence-electron chi connectivity index (χ1n) is 5.19. The second-order valence-electron chi connectivity index (χ2n) is 3.43. The molecule has 1 aromatic rings. The predicted molar refractivity (Wildman–Crippen MR) is 64.3 cm³/mol. The van der Waals surface area contributed by atoms with Gasteiger partial charge in [0.2, 0.25) is 0 Å². The van der Waals surface area contributed by atoms with E-state index in [0.717, 1.165) is 5.56 Å². The minimum absolute atomic E-state index is 0.456. The van der Waals surface area contributed by atoms with E-state index in [1.54, 1.807) is 6.08 Å². The number of carbonyl (C=O) groups excluding carboxylic acids is 1. The number of methoxy groups -OCH3 is 2. The maximum atomic E-state index is 11.6. The molecule has 1 aromatic carbocycles. The molecule has 0 unspecified atom stereocenters. The number of ether oxygens (including phenoxy) is 2. The van der Waals surface area contributed by atoms with Crippen molar-refractivity contribution in [1.29, 1.82) is 0 Å². The highest BCUT2D eigenvalue weighted by Crippen LogP contribution is 2.05. The van der Waals surface area contributed by atoms with Gasteiger partial charge in [0.25, 0.3) is 0 Å². The quantitative estimate of drug-likeness (QED) is 0.596. The van der Waals surface area contributed by atoms with Crippen molar-refractivity contribution < 1.29 is 19.4 Å². The van der Waals surface area contributed by atoms with Crippen LogP contribution < -0.4 is 0 Å². The van der Waals surface area contributed by atoms with E-state index in [0.29, 0.717) is 0 Å². The van der Waals surface area contributed by atoms with E-state index in [-0.39, 0.29) is 0 Å². The molecule has 17 heavy (non-hydrogen) atoms. The first kappa shape index (κ1) is 13.6. The summed E-state index contributed by atoms with van der Waals surface area (Å²) in [7, 11) is 2.73. The van der Waals surface area contributed by atoms with Crippen molar-refractivity contribution in [2.24, 2.45) is 0 Å². The van der Waals surface area contributed by atoms with Gasteiger partial charge in [-0.1, -0.05) is 36.4 Å². The number of hydrogen-bond donors (Lipinski definition) is 1. The molecule has 0 aromatic heterocycles. The van der Waals surface area contributed by atoms with Crippen LogP contribution in [0.1, 0.15) is 5.56 Å². The van der Waals surface area contributed by atoms with Gasteiger partial charge in [0.15, 0.2) is 18.2 Å². The summed E-state index contributed by atoms with van der Waals surface area (Å²) in [5.41, 5.74) is 0.888. The van der Waals surface area contributed by atoms with Crippen LogP contribution in [0.2, 0.25) is 0 Å². The Bertz CT molecular complexity index is 368. The third-order valence-electron chi connectivity index (χ3n) is 2.25. The third kappa shape index (κ3) is 4.11. The van der Waals surface area contributed by atoms with Gasteiger partial charge >= 0.3 is 0 Å². The Balaban J connectivity index is 2.63. The molecule has 0 heterocycles. The lowest BCUT2D eigenvalue weighted by Gasteiger charge is -2.17. The van der Waals surface area contributed by atoms with E-state index in [4.69, 9.17) is 9.47 Å². The lowest BCUT2D eigenvalue weighted by Crippen LogP contribution is -2.35. The van der Waals surface area contributed by atoms with Gasteiger partial charge in [0.05, 0.1) is 0 Å². The predicted octanol–water partition coefficient (Wildman–Crippen LogP) is 1.25. The van der Waals surface area contributed by atoms with E-state index in [1.165, 1.54) is 20.3 Å². The zero-order valence-corrected chi connectivity index (χ0v) is 9.87. The van der Waals surface area contributed by atoms with Gasteiger partial charge in [-0.25, -0.2) is 0 Å². The molecule has 92 valence electrons. The fourth-order valence-corrected chi connectivity index (χ4v) is 1.33. The van der Waals surface area contributed by atoms with Crippen molar-refractivity contribution in [3.8, 4) is 0 Å². The molecule has 0 spiro atoms. The highest BCUT2D eigenvalue weighted by Gasteiger charge is 2.23. The largest absolute Gasteiger partial charge is 0.380 e. The average molecular weight is 236 g/mol. The Labute approximate surface area is 100 Å². The van der Waals surface area contributed by atoms with Gasteiger partial charge in [0.1, 0.15) is 0 Å². The van der Waals surface area contributed by atoms with E-state index in [1.807, 2.05) is 30.3 Å². The Kier molecular flexibility index (Phi) is 5.56. The SMILES string of the molecule is COC(OC)[C@@H](O)C(=O)/C=C/c1ccccc1. The molecule has 1 rings (SSSR count). The molecule has 0 bridgehead atoms. The fraction of sp³-hybridized carbons (Fsp3) is 0.308. The van der Waals surface area contributed by atoms with Gasteiger partial charge in [-0.15, -0.1) is 0 Å². The highest BCUT2D eigenvalue weighted by atomic mass is 16.7. The molecule has 4 nitrogen and oxygen atoms in total. The Hall–Kier alpha value is -1.49. The summed E-state index contributed by atoms with van der Waals surface area (Å²) >= 11 is 0. The zero-order valence-electron chi connectivity index (χ0n) is 9.87. The fourth-order valence-electron chi connectivity index (χ4n) is 1.33. The maximum Gasteiger partial charge on any atom is 0.190 e. The van der Waals surface area contributed by atoms with Crippen LogP contribution in [-0.2, 0) is 14.3 Å². The molecule has 0 aliphatic carbocycles. The molecule has 0 aliphatic heterocycles. The number of hydrogen-bond acceptors (Lipinski definition) is 4. The number of rotatable bonds is 6. The van der Waals surface area contributed by atoms with Crippen LogP contribution in [0, 0.1) is 0 Å². The summed E-state index contributed by atoms with van der Waals surface area (Å²) in [4.78, 5) is 11.6. The second kappa shape index (κ2) is 6.96. The molecule has 0 aliphatic rings. The van der Waals surface area contributed by atoms with Gasteiger partial charge in [-0.3, -0.25) is 4.79 Å². The van der Waals surface area contributed by atoms with Crippen LogP contribution in [0.5, 0.6) is 0 Å². The van der Waals surface area contributed by atoms with E-state index < -0.39 is 18.2 Å². The normalized spacial score (nSPS) is 13.2. The summed E-state index contributed by atoms with van der Waals surface area (Å²) in [5, 5.41) is 9.60. The zero-order chi connectivity index (χ0) is 12.7. The van der Waals surface area contributed by atoms with Crippen molar-refractivity contribution in [1.82, 2.24) is 0 Å². The molecule has 0 saturated heterocycles. The standard InChI is InChI=1S/C13H16O4/c1-16-13(17-2)12(15)11(14)9-8-10-6-4-3-5-7-10/h3-9,12-13,15H,1-2H3/b9-8+/t12-/m0/s1. The van der Waals surface area contributed by atoms with Crippen LogP contribution >= 0.6 is 0 Å². The van der Waals surface area contributed by atoms with E-state index in [2.05, 4.69) is 0 Å². The number of aliphatic hydroxyl groups excluding tert-OH is 1. The van der Waals surface area contributed by atoms with Gasteiger partial charge in [-0.05, 0) is 11.6 Å². The van der Waals surface area contributed by atoms with E-state index in [9.17, 15) is 9.90 Å². The molecule has 1 N–H and O–H groups in total. The smallest absolute Gasteiger partial charge is 0.190 e. The lowest BCUT2D eigenvalue weighted by atomic mass is 10.1. The van der Waals surface area contributed by atoms with Crippen molar-refractivity contribution in [2.45, 2.75) is 12.4 Å². The summed E-state index contributed by atoms with van der Waals surface area (Å²) in [6.45, 7) is 0. The van der Waals surface area contributed by atoms with Crippen molar-refractivity contribution >= 4 is 11.9 Å². The molecule has 0 amide bonds. The summed E-state index contributed by atoms with van der Waals surface area (Å²) in [6, 6.07) is 9.35. The molecular formula is C13H16O4. The third-order valence-corrected chi connectivity index (χ3v) is 2.25. The lowest BCUT2D eigenvalue weighted by molar-refractivity contribution is -0.171. The van der Waals surface area contributed by atoms with E-state index >= 15 is 0 Å². The topological polar surface area (TPSA) is 55.8 Å². The molecule has 0 radical (unpaired) electrons. The Morgan fingerprint density at radius 3 is 2.35 bits per heavy atom. The molecule has 0 saturated carbocycles. The summed E-state index contributed by atoms with van der Waals surface area (Å²) in [6.07, 6.45) is 0.687. The van der Waals surface area contributed by atoms with Crippen LogP contribution in [0.4, 0.5) is 0 Å². The van der Waals surface area contributed by atoms with Crippen LogP contribution in [0.3, 0.4) is 0 Å². The first-order valence-corrected chi connectivity index (χ1v) is 5.19.